The van der Waals surface area contributed by atoms with Crippen LogP contribution < -0.4 is 14.8 Å². The number of nitrogens with one attached hydrogen (secondary N) is 1. The van der Waals surface area contributed by atoms with Crippen molar-refractivity contribution < 1.29 is 13.9 Å². The van der Waals surface area contributed by atoms with Crippen LogP contribution in [-0.2, 0) is 13.2 Å². The summed E-state index contributed by atoms with van der Waals surface area (Å²) >= 11 is 0. The fourth-order valence-electron chi connectivity index (χ4n) is 1.82. The topological polar surface area (TPSA) is 43.4 Å². The third kappa shape index (κ3) is 3.93. The Hall–Kier alpha value is -2.14. The lowest BCUT2D eigenvalue weighted by atomic mass is 10.2. The van der Waals surface area contributed by atoms with E-state index >= 15 is 0 Å². The Labute approximate surface area is 117 Å². The average molecular weight is 276 g/mol. The molecule has 0 aliphatic carbocycles. The molecule has 0 radical (unpaired) electrons. The van der Waals surface area contributed by atoms with Crippen molar-refractivity contribution in [2.24, 2.45) is 0 Å². The van der Waals surface area contributed by atoms with Crippen LogP contribution in [0.15, 0.2) is 36.4 Å². The van der Waals surface area contributed by atoms with E-state index in [2.05, 4.69) is 10.3 Å². The third-order valence-corrected chi connectivity index (χ3v) is 2.69. The van der Waals surface area contributed by atoms with Crippen molar-refractivity contribution >= 4 is 0 Å². The van der Waals surface area contributed by atoms with Gasteiger partial charge in [0.05, 0.1) is 12.8 Å². The van der Waals surface area contributed by atoms with Crippen LogP contribution >= 0.6 is 0 Å². The van der Waals surface area contributed by atoms with Gasteiger partial charge in [0.1, 0.15) is 18.2 Å². The lowest BCUT2D eigenvalue weighted by Crippen LogP contribution is -2.06. The average Bonchev–Trinajstić information content (AvgIpc) is 2.45. The summed E-state index contributed by atoms with van der Waals surface area (Å²) in [5.74, 6) is 0.701. The Morgan fingerprint density at radius 2 is 2.10 bits per heavy atom. The molecular weight excluding hydrogens is 259 g/mol. The summed E-state index contributed by atoms with van der Waals surface area (Å²) in [4.78, 5) is 4.23. The van der Waals surface area contributed by atoms with Crippen LogP contribution in [0, 0.1) is 5.82 Å². The number of halogens is 1. The predicted molar refractivity (Wildman–Crippen MR) is 74.3 cm³/mol. The normalized spacial score (nSPS) is 10.3. The van der Waals surface area contributed by atoms with Crippen molar-refractivity contribution in [2.45, 2.75) is 13.2 Å². The molecule has 0 unspecified atom stereocenters. The number of methoxy groups -OCH3 is 1. The quantitative estimate of drug-likeness (QED) is 0.880. The minimum atomic E-state index is -0.314. The Balaban J connectivity index is 2.06. The van der Waals surface area contributed by atoms with E-state index in [0.717, 1.165) is 11.3 Å². The summed E-state index contributed by atoms with van der Waals surface area (Å²) in [6.45, 7) is 0.852. The van der Waals surface area contributed by atoms with E-state index in [0.29, 0.717) is 18.2 Å². The molecule has 0 spiro atoms. The second-order valence-electron chi connectivity index (χ2n) is 4.29. The second-order valence-corrected chi connectivity index (χ2v) is 4.29. The molecule has 4 nitrogen and oxygen atoms in total. The molecule has 0 amide bonds. The smallest absolute Gasteiger partial charge is 0.213 e. The van der Waals surface area contributed by atoms with E-state index < -0.39 is 0 Å². The number of aromatic nitrogens is 1. The maximum Gasteiger partial charge on any atom is 0.213 e. The number of hydrogen-bond donors (Lipinski definition) is 1. The van der Waals surface area contributed by atoms with Crippen LogP contribution in [0.2, 0.25) is 0 Å². The molecule has 1 aromatic carbocycles. The Kier molecular flexibility index (Phi) is 4.90. The Bertz CT molecular complexity index is 576. The van der Waals surface area contributed by atoms with Crippen molar-refractivity contribution in [1.29, 1.82) is 0 Å². The molecule has 20 heavy (non-hydrogen) atoms. The number of nitrogens with zero attached hydrogens (tertiary/aromatic N) is 1. The molecule has 0 bridgehead atoms. The summed E-state index contributed by atoms with van der Waals surface area (Å²) in [5, 5.41) is 2.98. The van der Waals surface area contributed by atoms with Gasteiger partial charge < -0.3 is 14.8 Å². The van der Waals surface area contributed by atoms with Crippen molar-refractivity contribution in [3.8, 4) is 11.6 Å². The summed E-state index contributed by atoms with van der Waals surface area (Å²) < 4.78 is 24.1. The first kappa shape index (κ1) is 14.3. The first-order valence-corrected chi connectivity index (χ1v) is 6.28. The van der Waals surface area contributed by atoms with Crippen LogP contribution in [0.25, 0.3) is 0 Å². The van der Waals surface area contributed by atoms with Gasteiger partial charge in [-0.05, 0) is 30.8 Å². The molecule has 0 atom stereocenters. The molecule has 5 heteroatoms. The van der Waals surface area contributed by atoms with Crippen LogP contribution in [0.5, 0.6) is 11.6 Å². The van der Waals surface area contributed by atoms with E-state index in [1.54, 1.807) is 19.2 Å². The zero-order chi connectivity index (χ0) is 14.4. The Morgan fingerprint density at radius 3 is 2.85 bits per heavy atom. The minimum Gasteiger partial charge on any atom is -0.487 e. The molecule has 2 rings (SSSR count). The van der Waals surface area contributed by atoms with Gasteiger partial charge in [0.25, 0.3) is 0 Å². The number of ether oxygens (including phenoxy) is 2. The molecule has 106 valence electrons. The van der Waals surface area contributed by atoms with Crippen LogP contribution in [-0.4, -0.2) is 19.1 Å². The minimum absolute atomic E-state index is 0.264. The van der Waals surface area contributed by atoms with Crippen molar-refractivity contribution in [1.82, 2.24) is 10.3 Å². The van der Waals surface area contributed by atoms with E-state index in [1.165, 1.54) is 12.1 Å². The van der Waals surface area contributed by atoms with Gasteiger partial charge in [-0.1, -0.05) is 6.07 Å². The van der Waals surface area contributed by atoms with Gasteiger partial charge in [-0.25, -0.2) is 9.37 Å². The molecule has 1 aromatic heterocycles. The van der Waals surface area contributed by atoms with Gasteiger partial charge in [-0.15, -0.1) is 0 Å². The highest BCUT2D eigenvalue weighted by Crippen LogP contribution is 2.18. The zero-order valence-corrected chi connectivity index (χ0v) is 11.5. The van der Waals surface area contributed by atoms with Crippen LogP contribution in [0.1, 0.15) is 11.3 Å². The fraction of sp³-hybridized carbons (Fsp3) is 0.267. The standard InChI is InChI=1S/C15H17FN2O2/c1-17-9-11-6-12(16)8-14(7-11)20-10-13-4-3-5-15(18-13)19-2/h3-8,17H,9-10H2,1-2H3. The lowest BCUT2D eigenvalue weighted by molar-refractivity contribution is 0.296. The fourth-order valence-corrected chi connectivity index (χ4v) is 1.82. The van der Waals surface area contributed by atoms with E-state index in [1.807, 2.05) is 19.2 Å². The third-order valence-electron chi connectivity index (χ3n) is 2.69. The van der Waals surface area contributed by atoms with Crippen molar-refractivity contribution in [2.75, 3.05) is 14.2 Å². The van der Waals surface area contributed by atoms with Crippen molar-refractivity contribution in [3.05, 3.63) is 53.5 Å². The maximum atomic E-state index is 13.5. The second kappa shape index (κ2) is 6.86. The molecule has 0 aliphatic heterocycles. The number of benzene rings is 1. The summed E-state index contributed by atoms with van der Waals surface area (Å²) in [5.41, 5.74) is 1.56. The zero-order valence-electron chi connectivity index (χ0n) is 11.5. The molecule has 1 N–H and O–H groups in total. The van der Waals surface area contributed by atoms with Gasteiger partial charge in [-0.3, -0.25) is 0 Å². The van der Waals surface area contributed by atoms with Crippen LogP contribution in [0.4, 0.5) is 4.39 Å². The summed E-state index contributed by atoms with van der Waals surface area (Å²) in [6.07, 6.45) is 0. The maximum absolute atomic E-state index is 13.5. The highest BCUT2D eigenvalue weighted by Gasteiger charge is 2.03. The van der Waals surface area contributed by atoms with Gasteiger partial charge in [0.2, 0.25) is 5.88 Å². The lowest BCUT2D eigenvalue weighted by Gasteiger charge is -2.09. The number of hydrogen-bond acceptors (Lipinski definition) is 4. The number of pyridine rings is 1. The van der Waals surface area contributed by atoms with Gasteiger partial charge in [-0.2, -0.15) is 0 Å². The molecular formula is C15H17FN2O2. The Morgan fingerprint density at radius 1 is 1.25 bits per heavy atom. The first-order chi connectivity index (χ1) is 9.71. The molecule has 0 fully saturated rings. The van der Waals surface area contributed by atoms with Crippen LogP contribution in [0.3, 0.4) is 0 Å². The highest BCUT2D eigenvalue weighted by atomic mass is 19.1. The molecule has 0 saturated carbocycles. The predicted octanol–water partition coefficient (Wildman–Crippen LogP) is 2.53. The van der Waals surface area contributed by atoms with Gasteiger partial charge >= 0.3 is 0 Å². The van der Waals surface area contributed by atoms with E-state index in [-0.39, 0.29) is 12.4 Å². The SMILES string of the molecule is CNCc1cc(F)cc(OCc2cccc(OC)n2)c1. The van der Waals surface area contributed by atoms with Gasteiger partial charge in [0, 0.05) is 18.7 Å². The first-order valence-electron chi connectivity index (χ1n) is 6.28. The molecule has 1 heterocycles. The van der Waals surface area contributed by atoms with E-state index in [4.69, 9.17) is 9.47 Å². The summed E-state index contributed by atoms with van der Waals surface area (Å²) in [7, 11) is 3.37. The molecule has 2 aromatic rings. The molecule has 0 saturated heterocycles. The molecule has 0 aliphatic rings. The number of rotatable bonds is 6. The van der Waals surface area contributed by atoms with Gasteiger partial charge in [0.15, 0.2) is 0 Å². The van der Waals surface area contributed by atoms with E-state index in [9.17, 15) is 4.39 Å². The van der Waals surface area contributed by atoms with Crippen molar-refractivity contribution in [3.63, 3.8) is 0 Å². The summed E-state index contributed by atoms with van der Waals surface area (Å²) in [6, 6.07) is 10.1. The monoisotopic (exact) mass is 276 g/mol. The highest BCUT2D eigenvalue weighted by molar-refractivity contribution is 5.30. The largest absolute Gasteiger partial charge is 0.487 e.